The van der Waals surface area contributed by atoms with Gasteiger partial charge in [0.05, 0.1) is 5.25 Å². The molecule has 3 fully saturated rings. The van der Waals surface area contributed by atoms with Gasteiger partial charge in [-0.05, 0) is 51.4 Å². The molecule has 0 bridgehead atoms. The molecule has 1 saturated carbocycles. The van der Waals surface area contributed by atoms with Gasteiger partial charge in [0.25, 0.3) is 5.91 Å². The second kappa shape index (κ2) is 11.1. The molecule has 1 aliphatic carbocycles. The maximum Gasteiger partial charge on any atom is 0.256 e. The van der Waals surface area contributed by atoms with E-state index in [9.17, 15) is 27.6 Å². The lowest BCUT2D eigenvalue weighted by atomic mass is 10.1. The highest BCUT2D eigenvalue weighted by molar-refractivity contribution is 7.90. The topological polar surface area (TPSA) is 133 Å². The van der Waals surface area contributed by atoms with Crippen LogP contribution in [0.4, 0.5) is 0 Å². The number of carbonyl (C=O) groups is 4. The number of rotatable bonds is 10. The average molecular weight is 483 g/mol. The number of hydrogen-bond acceptors (Lipinski definition) is 6. The van der Waals surface area contributed by atoms with Crippen LogP contribution in [0.5, 0.6) is 0 Å². The largest absolute Gasteiger partial charge is 0.343 e. The van der Waals surface area contributed by atoms with Gasteiger partial charge in [0.1, 0.15) is 12.1 Å². The normalized spacial score (nSPS) is 21.9. The van der Waals surface area contributed by atoms with Crippen LogP contribution in [0.3, 0.4) is 0 Å². The van der Waals surface area contributed by atoms with Gasteiger partial charge in [0.2, 0.25) is 27.7 Å². The van der Waals surface area contributed by atoms with Crippen molar-refractivity contribution in [2.45, 2.75) is 81.5 Å². The van der Waals surface area contributed by atoms with Gasteiger partial charge in [-0.1, -0.05) is 6.08 Å². The summed E-state index contributed by atoms with van der Waals surface area (Å²) in [5, 5.41) is 2.03. The molecular formula is C22H34N4O6S. The number of sulfonamides is 1. The first-order valence-corrected chi connectivity index (χ1v) is 13.3. The van der Waals surface area contributed by atoms with Crippen molar-refractivity contribution in [2.24, 2.45) is 0 Å². The second-order valence-corrected chi connectivity index (χ2v) is 10.9. The maximum atomic E-state index is 12.9. The molecule has 3 rings (SSSR count). The Morgan fingerprint density at radius 2 is 1.61 bits per heavy atom. The third-order valence-electron chi connectivity index (χ3n) is 6.38. The number of carbonyl (C=O) groups excluding carboxylic acids is 4. The monoisotopic (exact) mass is 482 g/mol. The average Bonchev–Trinajstić information content (AvgIpc) is 3.55. The minimum absolute atomic E-state index is 0.0370. The molecular weight excluding hydrogens is 448 g/mol. The minimum atomic E-state index is -3.74. The van der Waals surface area contributed by atoms with E-state index in [0.717, 1.165) is 32.4 Å². The Bertz CT molecular complexity index is 879. The first-order chi connectivity index (χ1) is 15.7. The molecule has 3 aliphatic rings. The number of piperidine rings is 1. The summed E-state index contributed by atoms with van der Waals surface area (Å²) in [5.41, 5.74) is 0. The molecule has 4 amide bonds. The quantitative estimate of drug-likeness (QED) is 0.434. The Morgan fingerprint density at radius 1 is 0.939 bits per heavy atom. The Kier molecular flexibility index (Phi) is 8.50. The van der Waals surface area contributed by atoms with E-state index in [1.807, 2.05) is 4.72 Å². The van der Waals surface area contributed by atoms with Crippen LogP contribution in [0.1, 0.15) is 64.2 Å². The van der Waals surface area contributed by atoms with Gasteiger partial charge in [-0.3, -0.25) is 23.9 Å². The van der Waals surface area contributed by atoms with E-state index >= 15 is 0 Å². The number of amides is 4. The molecule has 0 aromatic heterocycles. The van der Waals surface area contributed by atoms with Gasteiger partial charge in [0.15, 0.2) is 0 Å². The predicted octanol–water partition coefficient (Wildman–Crippen LogP) is 0.439. The molecule has 0 aromatic rings. The second-order valence-electron chi connectivity index (χ2n) is 8.98. The Balaban J connectivity index is 1.54. The molecule has 2 aliphatic heterocycles. The van der Waals surface area contributed by atoms with Crippen LogP contribution >= 0.6 is 0 Å². The van der Waals surface area contributed by atoms with Crippen molar-refractivity contribution in [3.05, 3.63) is 12.7 Å². The van der Waals surface area contributed by atoms with Gasteiger partial charge in [0, 0.05) is 32.5 Å². The van der Waals surface area contributed by atoms with Crippen molar-refractivity contribution in [3.8, 4) is 0 Å². The molecule has 0 radical (unpaired) electrons. The lowest BCUT2D eigenvalue weighted by Crippen LogP contribution is -2.54. The molecule has 0 unspecified atom stereocenters. The summed E-state index contributed by atoms with van der Waals surface area (Å²) < 4.78 is 26.2. The van der Waals surface area contributed by atoms with Crippen molar-refractivity contribution in [1.82, 2.24) is 19.8 Å². The number of hydrogen-bond donors (Lipinski definition) is 2. The summed E-state index contributed by atoms with van der Waals surface area (Å²) in [4.78, 5) is 53.8. The van der Waals surface area contributed by atoms with Crippen LogP contribution in [0.15, 0.2) is 12.7 Å². The number of nitrogens with zero attached hydrogens (tertiary/aromatic N) is 2. The summed E-state index contributed by atoms with van der Waals surface area (Å²) in [6, 6.07) is -1.84. The first kappa shape index (κ1) is 25.2. The lowest BCUT2D eigenvalue weighted by molar-refractivity contribution is -0.141. The Morgan fingerprint density at radius 3 is 2.24 bits per heavy atom. The van der Waals surface area contributed by atoms with Crippen LogP contribution in [0, 0.1) is 0 Å². The fourth-order valence-electron chi connectivity index (χ4n) is 4.34. The van der Waals surface area contributed by atoms with E-state index in [1.165, 1.54) is 11.0 Å². The van der Waals surface area contributed by atoms with Crippen molar-refractivity contribution >= 4 is 33.7 Å². The van der Waals surface area contributed by atoms with Gasteiger partial charge in [-0.25, -0.2) is 8.42 Å². The molecule has 2 N–H and O–H groups in total. The highest BCUT2D eigenvalue weighted by Gasteiger charge is 2.39. The van der Waals surface area contributed by atoms with Gasteiger partial charge in [-0.15, -0.1) is 6.58 Å². The Labute approximate surface area is 195 Å². The van der Waals surface area contributed by atoms with Crippen molar-refractivity contribution in [3.63, 3.8) is 0 Å². The standard InChI is InChI=1S/C22H34N4O6S/c1-2-7-17(21(29)24-33(31,32)16-9-10-16)23-22(30)18-8-6-15-26(18)20(28)12-11-19(27)25-13-4-3-5-14-25/h2,16-18H,1,3-15H2,(H,23,30)(H,24,29)/t17-,18+/m1/s1. The molecule has 2 saturated heterocycles. The van der Waals surface area contributed by atoms with E-state index in [-0.39, 0.29) is 31.1 Å². The third-order valence-corrected chi connectivity index (χ3v) is 8.21. The Hall–Kier alpha value is -2.43. The van der Waals surface area contributed by atoms with Gasteiger partial charge >= 0.3 is 0 Å². The molecule has 33 heavy (non-hydrogen) atoms. The summed E-state index contributed by atoms with van der Waals surface area (Å²) in [5.74, 6) is -1.62. The van der Waals surface area contributed by atoms with Gasteiger partial charge < -0.3 is 15.1 Å². The summed E-state index contributed by atoms with van der Waals surface area (Å²) >= 11 is 0. The zero-order chi connectivity index (χ0) is 24.0. The van der Waals surface area contributed by atoms with E-state index in [2.05, 4.69) is 11.9 Å². The maximum absolute atomic E-state index is 12.9. The van der Waals surface area contributed by atoms with E-state index < -0.39 is 39.2 Å². The van der Waals surface area contributed by atoms with Crippen LogP contribution in [0.25, 0.3) is 0 Å². The van der Waals surface area contributed by atoms with Crippen LogP contribution in [0.2, 0.25) is 0 Å². The minimum Gasteiger partial charge on any atom is -0.343 e. The van der Waals surface area contributed by atoms with Crippen LogP contribution < -0.4 is 10.0 Å². The zero-order valence-corrected chi connectivity index (χ0v) is 19.8. The van der Waals surface area contributed by atoms with E-state index in [4.69, 9.17) is 0 Å². The molecule has 2 heterocycles. The SMILES string of the molecule is C=CC[C@@H](NC(=O)[C@@H]1CCCN1C(=O)CCC(=O)N1CCCCC1)C(=O)NS(=O)(=O)C1CC1. The van der Waals surface area contributed by atoms with E-state index in [0.29, 0.717) is 32.2 Å². The van der Waals surface area contributed by atoms with Crippen molar-refractivity contribution < 1.29 is 27.6 Å². The first-order valence-electron chi connectivity index (χ1n) is 11.8. The highest BCUT2D eigenvalue weighted by atomic mass is 32.2. The van der Waals surface area contributed by atoms with Crippen LogP contribution in [-0.4, -0.2) is 78.8 Å². The third kappa shape index (κ3) is 6.78. The van der Waals surface area contributed by atoms with Gasteiger partial charge in [-0.2, -0.15) is 0 Å². The molecule has 10 nitrogen and oxygen atoms in total. The lowest BCUT2D eigenvalue weighted by Gasteiger charge is -2.28. The number of nitrogens with one attached hydrogen (secondary N) is 2. The van der Waals surface area contributed by atoms with Crippen molar-refractivity contribution in [1.29, 1.82) is 0 Å². The van der Waals surface area contributed by atoms with Crippen molar-refractivity contribution in [2.75, 3.05) is 19.6 Å². The molecule has 0 spiro atoms. The predicted molar refractivity (Wildman–Crippen MR) is 121 cm³/mol. The summed E-state index contributed by atoms with van der Waals surface area (Å²) in [6.45, 7) is 5.43. The number of likely N-dealkylation sites (tertiary alicyclic amines) is 2. The molecule has 2 atom stereocenters. The molecule has 0 aromatic carbocycles. The summed E-state index contributed by atoms with van der Waals surface area (Å²) in [7, 11) is -3.74. The van der Waals surface area contributed by atoms with Crippen LogP contribution in [-0.2, 0) is 29.2 Å². The fraction of sp³-hybridized carbons (Fsp3) is 0.727. The molecule has 184 valence electrons. The fourth-order valence-corrected chi connectivity index (χ4v) is 5.68. The van der Waals surface area contributed by atoms with E-state index in [1.54, 1.807) is 4.90 Å². The highest BCUT2D eigenvalue weighted by Crippen LogP contribution is 2.27. The summed E-state index contributed by atoms with van der Waals surface area (Å²) in [6.07, 6.45) is 6.83. The smallest absolute Gasteiger partial charge is 0.256 e. The zero-order valence-electron chi connectivity index (χ0n) is 19.0. The molecule has 11 heteroatoms.